The monoisotopic (exact) mass is 367 g/mol. The Morgan fingerprint density at radius 1 is 1.00 bits per heavy atom. The zero-order valence-corrected chi connectivity index (χ0v) is 16.1. The highest BCUT2D eigenvalue weighted by Gasteiger charge is 2.17. The summed E-state index contributed by atoms with van der Waals surface area (Å²) in [6.07, 6.45) is 0.559. The van der Waals surface area contributed by atoms with Crippen LogP contribution in [0.4, 0.5) is 0 Å². The van der Waals surface area contributed by atoms with Crippen molar-refractivity contribution in [2.45, 2.75) is 19.5 Å². The SMILES string of the molecule is COc1ccc(CN(CCC(=O)N2CCNCC2)Cc2ccccc2)cc1. The number of amides is 1. The van der Waals surface area contributed by atoms with Gasteiger partial charge in [0.15, 0.2) is 0 Å². The van der Waals surface area contributed by atoms with E-state index in [4.69, 9.17) is 4.74 Å². The molecular weight excluding hydrogens is 338 g/mol. The summed E-state index contributed by atoms with van der Waals surface area (Å²) in [5, 5.41) is 3.29. The Morgan fingerprint density at radius 2 is 1.63 bits per heavy atom. The molecule has 1 aliphatic heterocycles. The first kappa shape index (κ1) is 19.4. The van der Waals surface area contributed by atoms with E-state index in [0.29, 0.717) is 6.42 Å². The fourth-order valence-electron chi connectivity index (χ4n) is 3.37. The summed E-state index contributed by atoms with van der Waals surface area (Å²) >= 11 is 0. The van der Waals surface area contributed by atoms with Gasteiger partial charge in [-0.3, -0.25) is 9.69 Å². The molecule has 0 unspecified atom stereocenters. The quantitative estimate of drug-likeness (QED) is 0.779. The van der Waals surface area contributed by atoms with Crippen molar-refractivity contribution in [3.8, 4) is 5.75 Å². The smallest absolute Gasteiger partial charge is 0.223 e. The third-order valence-electron chi connectivity index (χ3n) is 4.93. The van der Waals surface area contributed by atoms with Crippen LogP contribution in [0, 0.1) is 0 Å². The van der Waals surface area contributed by atoms with Crippen molar-refractivity contribution in [3.63, 3.8) is 0 Å². The summed E-state index contributed by atoms with van der Waals surface area (Å²) in [6, 6.07) is 18.6. The molecule has 0 bridgehead atoms. The van der Waals surface area contributed by atoms with E-state index in [-0.39, 0.29) is 5.91 Å². The second kappa shape index (κ2) is 10.1. The molecule has 0 radical (unpaired) electrons. The number of hydrogen-bond acceptors (Lipinski definition) is 4. The van der Waals surface area contributed by atoms with Crippen LogP contribution < -0.4 is 10.1 Å². The molecule has 5 nitrogen and oxygen atoms in total. The normalized spacial score (nSPS) is 14.4. The van der Waals surface area contributed by atoms with Crippen LogP contribution in [-0.4, -0.2) is 55.5 Å². The number of carbonyl (C=O) groups is 1. The first-order valence-corrected chi connectivity index (χ1v) is 9.62. The average Bonchev–Trinajstić information content (AvgIpc) is 2.73. The number of nitrogens with zero attached hydrogens (tertiary/aromatic N) is 2. The predicted octanol–water partition coefficient (Wildman–Crippen LogP) is 2.52. The lowest BCUT2D eigenvalue weighted by Crippen LogP contribution is -2.47. The molecule has 0 aromatic heterocycles. The van der Waals surface area contributed by atoms with Crippen molar-refractivity contribution in [2.75, 3.05) is 39.8 Å². The summed E-state index contributed by atoms with van der Waals surface area (Å²) in [7, 11) is 1.68. The van der Waals surface area contributed by atoms with E-state index in [0.717, 1.165) is 51.6 Å². The van der Waals surface area contributed by atoms with E-state index >= 15 is 0 Å². The minimum absolute atomic E-state index is 0.254. The fourth-order valence-corrected chi connectivity index (χ4v) is 3.37. The zero-order valence-electron chi connectivity index (χ0n) is 16.1. The molecule has 1 amide bonds. The molecule has 0 saturated carbocycles. The zero-order chi connectivity index (χ0) is 18.9. The number of piperazine rings is 1. The van der Waals surface area contributed by atoms with Crippen LogP contribution in [0.1, 0.15) is 17.5 Å². The van der Waals surface area contributed by atoms with Crippen molar-refractivity contribution in [1.82, 2.24) is 15.1 Å². The number of nitrogens with one attached hydrogen (secondary N) is 1. The Labute approximate surface area is 161 Å². The van der Waals surface area contributed by atoms with E-state index in [1.807, 2.05) is 23.1 Å². The maximum atomic E-state index is 12.5. The fraction of sp³-hybridized carbons (Fsp3) is 0.409. The van der Waals surface area contributed by atoms with E-state index < -0.39 is 0 Å². The second-order valence-corrected chi connectivity index (χ2v) is 6.93. The summed E-state index contributed by atoms with van der Waals surface area (Å²) < 4.78 is 5.25. The van der Waals surface area contributed by atoms with Gasteiger partial charge in [-0.15, -0.1) is 0 Å². The van der Waals surface area contributed by atoms with Crippen LogP contribution in [0.5, 0.6) is 5.75 Å². The van der Waals surface area contributed by atoms with Gasteiger partial charge in [-0.1, -0.05) is 42.5 Å². The van der Waals surface area contributed by atoms with Crippen molar-refractivity contribution < 1.29 is 9.53 Å². The van der Waals surface area contributed by atoms with Gasteiger partial charge < -0.3 is 15.0 Å². The van der Waals surface area contributed by atoms with Crippen LogP contribution in [0.3, 0.4) is 0 Å². The highest BCUT2D eigenvalue weighted by molar-refractivity contribution is 5.76. The maximum Gasteiger partial charge on any atom is 0.223 e. The van der Waals surface area contributed by atoms with Crippen molar-refractivity contribution in [1.29, 1.82) is 0 Å². The highest BCUT2D eigenvalue weighted by Crippen LogP contribution is 2.15. The summed E-state index contributed by atoms with van der Waals surface area (Å²) in [5.74, 6) is 1.12. The molecule has 27 heavy (non-hydrogen) atoms. The highest BCUT2D eigenvalue weighted by atomic mass is 16.5. The number of carbonyl (C=O) groups excluding carboxylic acids is 1. The first-order valence-electron chi connectivity index (χ1n) is 9.62. The third kappa shape index (κ3) is 6.08. The maximum absolute atomic E-state index is 12.5. The van der Waals surface area contributed by atoms with Crippen LogP contribution in [0.15, 0.2) is 54.6 Å². The minimum Gasteiger partial charge on any atom is -0.497 e. The Morgan fingerprint density at radius 3 is 2.26 bits per heavy atom. The number of methoxy groups -OCH3 is 1. The molecule has 1 saturated heterocycles. The molecule has 144 valence electrons. The van der Waals surface area contributed by atoms with E-state index in [9.17, 15) is 4.79 Å². The van der Waals surface area contributed by atoms with Crippen molar-refractivity contribution >= 4 is 5.91 Å². The van der Waals surface area contributed by atoms with Gasteiger partial charge in [0.25, 0.3) is 0 Å². The number of rotatable bonds is 8. The topological polar surface area (TPSA) is 44.8 Å². The van der Waals surface area contributed by atoms with Crippen molar-refractivity contribution in [2.24, 2.45) is 0 Å². The third-order valence-corrected chi connectivity index (χ3v) is 4.93. The number of ether oxygens (including phenoxy) is 1. The number of hydrogen-bond donors (Lipinski definition) is 1. The van der Waals surface area contributed by atoms with Gasteiger partial charge in [-0.2, -0.15) is 0 Å². The Bertz CT molecular complexity index is 697. The van der Waals surface area contributed by atoms with Crippen LogP contribution >= 0.6 is 0 Å². The van der Waals surface area contributed by atoms with E-state index in [2.05, 4.69) is 46.6 Å². The summed E-state index contributed by atoms with van der Waals surface area (Å²) in [4.78, 5) is 16.9. The van der Waals surface area contributed by atoms with Crippen LogP contribution in [0.25, 0.3) is 0 Å². The molecule has 2 aromatic carbocycles. The average molecular weight is 367 g/mol. The molecule has 1 heterocycles. The molecule has 0 atom stereocenters. The van der Waals surface area contributed by atoms with Crippen LogP contribution in [0.2, 0.25) is 0 Å². The van der Waals surface area contributed by atoms with Crippen molar-refractivity contribution in [3.05, 3.63) is 65.7 Å². The molecular formula is C22H29N3O2. The van der Waals surface area contributed by atoms with E-state index in [1.165, 1.54) is 11.1 Å². The Kier molecular flexibility index (Phi) is 7.25. The van der Waals surface area contributed by atoms with Gasteiger partial charge in [-0.25, -0.2) is 0 Å². The lowest BCUT2D eigenvalue weighted by atomic mass is 10.1. The Hall–Kier alpha value is -2.37. The first-order chi connectivity index (χ1) is 13.2. The molecule has 3 rings (SSSR count). The van der Waals surface area contributed by atoms with Gasteiger partial charge in [0, 0.05) is 52.2 Å². The van der Waals surface area contributed by atoms with Gasteiger partial charge in [0.2, 0.25) is 5.91 Å². The van der Waals surface area contributed by atoms with Gasteiger partial charge in [0.1, 0.15) is 5.75 Å². The van der Waals surface area contributed by atoms with Gasteiger partial charge >= 0.3 is 0 Å². The largest absolute Gasteiger partial charge is 0.497 e. The summed E-state index contributed by atoms with van der Waals surface area (Å²) in [5.41, 5.74) is 2.49. The molecule has 0 spiro atoms. The molecule has 0 aliphatic carbocycles. The molecule has 5 heteroatoms. The van der Waals surface area contributed by atoms with Crippen LogP contribution in [-0.2, 0) is 17.9 Å². The van der Waals surface area contributed by atoms with Gasteiger partial charge in [-0.05, 0) is 23.3 Å². The lowest BCUT2D eigenvalue weighted by molar-refractivity contribution is -0.132. The Balaban J connectivity index is 1.62. The predicted molar refractivity (Wildman–Crippen MR) is 108 cm³/mol. The minimum atomic E-state index is 0.254. The standard InChI is InChI=1S/C22H29N3O2/c1-27-21-9-7-20(8-10-21)18-24(17-19-5-3-2-4-6-19)14-11-22(26)25-15-12-23-13-16-25/h2-10,23H,11-18H2,1H3. The van der Waals surface area contributed by atoms with Gasteiger partial charge in [0.05, 0.1) is 7.11 Å². The molecule has 1 aliphatic rings. The lowest BCUT2D eigenvalue weighted by Gasteiger charge is -2.29. The molecule has 2 aromatic rings. The molecule has 1 N–H and O–H groups in total. The summed E-state index contributed by atoms with van der Waals surface area (Å²) in [6.45, 7) is 5.82. The number of benzene rings is 2. The van der Waals surface area contributed by atoms with E-state index in [1.54, 1.807) is 7.11 Å². The molecule has 1 fully saturated rings. The second-order valence-electron chi connectivity index (χ2n) is 6.93.